The molecule has 1 aromatic carbocycles. The summed E-state index contributed by atoms with van der Waals surface area (Å²) in [6.45, 7) is 4.05. The number of nitrogens with one attached hydrogen (secondary N) is 1. The summed E-state index contributed by atoms with van der Waals surface area (Å²) >= 11 is 6.29. The topological polar surface area (TPSA) is 68.5 Å². The Morgan fingerprint density at radius 1 is 1.44 bits per heavy atom. The van der Waals surface area contributed by atoms with E-state index in [1.165, 1.54) is 0 Å². The fourth-order valence-electron chi connectivity index (χ4n) is 3.18. The molecule has 1 saturated heterocycles. The summed E-state index contributed by atoms with van der Waals surface area (Å²) in [4.78, 5) is 4.52. The third-order valence-electron chi connectivity index (χ3n) is 4.37. The number of piperidine rings is 1. The van der Waals surface area contributed by atoms with Gasteiger partial charge in [-0.3, -0.25) is 0 Å². The molecule has 6 nitrogen and oxygen atoms in total. The highest BCUT2D eigenvalue weighted by Crippen LogP contribution is 2.41. The van der Waals surface area contributed by atoms with Gasteiger partial charge in [0.05, 0.1) is 31.4 Å². The van der Waals surface area contributed by atoms with Crippen LogP contribution in [0.4, 0.5) is 0 Å². The summed E-state index contributed by atoms with van der Waals surface area (Å²) < 4.78 is 13.4. The maximum absolute atomic E-state index is 10.4. The van der Waals surface area contributed by atoms with E-state index in [0.29, 0.717) is 29.7 Å². The fourth-order valence-corrected chi connectivity index (χ4v) is 3.39. The summed E-state index contributed by atoms with van der Waals surface area (Å²) in [7, 11) is 1.59. The minimum absolute atomic E-state index is 0.0391. The minimum Gasteiger partial charge on any atom is -0.493 e. The van der Waals surface area contributed by atoms with Crippen molar-refractivity contribution in [2.45, 2.75) is 31.9 Å². The van der Waals surface area contributed by atoms with Crippen molar-refractivity contribution in [1.82, 2.24) is 14.9 Å². The number of ether oxygens (including phenoxy) is 2. The molecule has 3 rings (SSSR count). The molecule has 0 unspecified atom stereocenters. The molecular weight excluding hydrogens is 342 g/mol. The van der Waals surface area contributed by atoms with Gasteiger partial charge in [-0.2, -0.15) is 0 Å². The van der Waals surface area contributed by atoms with Gasteiger partial charge in [0.1, 0.15) is 5.82 Å². The number of rotatable bonds is 6. The predicted octanol–water partition coefficient (Wildman–Crippen LogP) is 2.90. The SMILES string of the molecule is CCCOc1c(OC)cc(Cl)cc1-c1nccn1[C@H]1CCNC[C@@H]1O. The van der Waals surface area contributed by atoms with Crippen LogP contribution in [0.3, 0.4) is 0 Å². The van der Waals surface area contributed by atoms with Gasteiger partial charge in [-0.25, -0.2) is 4.98 Å². The highest BCUT2D eigenvalue weighted by Gasteiger charge is 2.28. The van der Waals surface area contributed by atoms with Crippen LogP contribution in [0.2, 0.25) is 5.02 Å². The van der Waals surface area contributed by atoms with Crippen molar-refractivity contribution >= 4 is 11.6 Å². The van der Waals surface area contributed by atoms with Crippen molar-refractivity contribution in [2.75, 3.05) is 26.8 Å². The van der Waals surface area contributed by atoms with Crippen molar-refractivity contribution < 1.29 is 14.6 Å². The smallest absolute Gasteiger partial charge is 0.172 e. The van der Waals surface area contributed by atoms with E-state index in [9.17, 15) is 5.11 Å². The van der Waals surface area contributed by atoms with Crippen LogP contribution >= 0.6 is 11.6 Å². The second-order valence-electron chi connectivity index (χ2n) is 6.12. The van der Waals surface area contributed by atoms with Gasteiger partial charge in [-0.1, -0.05) is 18.5 Å². The molecule has 2 heterocycles. The number of nitrogens with zero attached hydrogens (tertiary/aromatic N) is 2. The average molecular weight is 366 g/mol. The van der Waals surface area contributed by atoms with E-state index in [2.05, 4.69) is 10.3 Å². The Labute approximate surface area is 152 Å². The van der Waals surface area contributed by atoms with Crippen LogP contribution < -0.4 is 14.8 Å². The lowest BCUT2D eigenvalue weighted by molar-refractivity contribution is 0.0880. The molecule has 25 heavy (non-hydrogen) atoms. The van der Waals surface area contributed by atoms with E-state index < -0.39 is 6.10 Å². The van der Waals surface area contributed by atoms with Crippen molar-refractivity contribution in [3.8, 4) is 22.9 Å². The second kappa shape index (κ2) is 8.08. The number of aliphatic hydroxyl groups excluding tert-OH is 1. The van der Waals surface area contributed by atoms with Crippen LogP contribution in [0.25, 0.3) is 11.4 Å². The van der Waals surface area contributed by atoms with Gasteiger partial charge >= 0.3 is 0 Å². The zero-order chi connectivity index (χ0) is 17.8. The summed E-state index contributed by atoms with van der Waals surface area (Å²) in [5.41, 5.74) is 0.772. The molecule has 0 spiro atoms. The molecule has 2 aromatic rings. The normalized spacial score (nSPS) is 20.5. The van der Waals surface area contributed by atoms with E-state index >= 15 is 0 Å². The fraction of sp³-hybridized carbons (Fsp3) is 0.500. The number of hydrogen-bond donors (Lipinski definition) is 2. The Morgan fingerprint density at radius 2 is 2.28 bits per heavy atom. The first kappa shape index (κ1) is 18.0. The number of halogens is 1. The number of benzene rings is 1. The lowest BCUT2D eigenvalue weighted by Crippen LogP contribution is -2.41. The lowest BCUT2D eigenvalue weighted by atomic mass is 10.0. The predicted molar refractivity (Wildman–Crippen MR) is 97.5 cm³/mol. The van der Waals surface area contributed by atoms with Crippen LogP contribution in [-0.2, 0) is 0 Å². The summed E-state index contributed by atoms with van der Waals surface area (Å²) in [6, 6.07) is 3.53. The van der Waals surface area contributed by atoms with Gasteiger partial charge in [0.2, 0.25) is 0 Å². The average Bonchev–Trinajstić information content (AvgIpc) is 3.09. The van der Waals surface area contributed by atoms with Gasteiger partial charge in [0.15, 0.2) is 11.5 Å². The Bertz CT molecular complexity index is 720. The molecule has 0 radical (unpaired) electrons. The monoisotopic (exact) mass is 365 g/mol. The van der Waals surface area contributed by atoms with E-state index in [0.717, 1.165) is 30.8 Å². The van der Waals surface area contributed by atoms with Crippen LogP contribution in [0.15, 0.2) is 24.5 Å². The molecule has 136 valence electrons. The quantitative estimate of drug-likeness (QED) is 0.823. The van der Waals surface area contributed by atoms with Gasteiger partial charge < -0.3 is 24.5 Å². The zero-order valence-corrected chi connectivity index (χ0v) is 15.3. The summed E-state index contributed by atoms with van der Waals surface area (Å²) in [5.74, 6) is 1.93. The van der Waals surface area contributed by atoms with Gasteiger partial charge in [-0.15, -0.1) is 0 Å². The van der Waals surface area contributed by atoms with E-state index in [1.807, 2.05) is 23.8 Å². The van der Waals surface area contributed by atoms with Crippen LogP contribution in [0.5, 0.6) is 11.5 Å². The molecule has 1 fully saturated rings. The Kier molecular flexibility index (Phi) is 5.83. The molecule has 7 heteroatoms. The molecule has 1 aromatic heterocycles. The summed E-state index contributed by atoms with van der Waals surface area (Å²) in [5, 5.41) is 14.1. The molecular formula is C18H24ClN3O3. The van der Waals surface area contributed by atoms with Crippen LogP contribution in [-0.4, -0.2) is 47.6 Å². The first-order valence-corrected chi connectivity index (χ1v) is 8.95. The first-order chi connectivity index (χ1) is 12.2. The highest BCUT2D eigenvalue weighted by atomic mass is 35.5. The Balaban J connectivity index is 2.07. The maximum Gasteiger partial charge on any atom is 0.172 e. The maximum atomic E-state index is 10.4. The van der Waals surface area contributed by atoms with Gasteiger partial charge in [-0.05, 0) is 25.5 Å². The minimum atomic E-state index is -0.470. The molecule has 0 saturated carbocycles. The molecule has 0 bridgehead atoms. The molecule has 0 aliphatic carbocycles. The third-order valence-corrected chi connectivity index (χ3v) is 4.59. The third kappa shape index (κ3) is 3.76. The van der Waals surface area contributed by atoms with E-state index in [4.69, 9.17) is 21.1 Å². The van der Waals surface area contributed by atoms with Gasteiger partial charge in [0.25, 0.3) is 0 Å². The number of aliphatic hydroxyl groups is 1. The number of methoxy groups -OCH3 is 1. The molecule has 2 N–H and O–H groups in total. The Morgan fingerprint density at radius 3 is 3.00 bits per heavy atom. The van der Waals surface area contributed by atoms with Crippen LogP contribution in [0, 0.1) is 0 Å². The van der Waals surface area contributed by atoms with Gasteiger partial charge in [0, 0.05) is 30.0 Å². The van der Waals surface area contributed by atoms with Crippen molar-refractivity contribution in [3.05, 3.63) is 29.5 Å². The van der Waals surface area contributed by atoms with Crippen molar-refractivity contribution in [1.29, 1.82) is 0 Å². The zero-order valence-electron chi connectivity index (χ0n) is 14.5. The largest absolute Gasteiger partial charge is 0.493 e. The van der Waals surface area contributed by atoms with E-state index in [1.54, 1.807) is 19.4 Å². The van der Waals surface area contributed by atoms with Crippen LogP contribution in [0.1, 0.15) is 25.8 Å². The Hall–Kier alpha value is -1.76. The lowest BCUT2D eigenvalue weighted by Gasteiger charge is -2.30. The number of aromatic nitrogens is 2. The molecule has 2 atom stereocenters. The number of hydrogen-bond acceptors (Lipinski definition) is 5. The first-order valence-electron chi connectivity index (χ1n) is 8.58. The second-order valence-corrected chi connectivity index (χ2v) is 6.56. The van der Waals surface area contributed by atoms with E-state index in [-0.39, 0.29) is 6.04 Å². The molecule has 0 amide bonds. The van der Waals surface area contributed by atoms with Crippen molar-refractivity contribution in [3.63, 3.8) is 0 Å². The highest BCUT2D eigenvalue weighted by molar-refractivity contribution is 6.31. The molecule has 1 aliphatic rings. The standard InChI is InChI=1S/C18H24ClN3O3/c1-3-8-25-17-13(9-12(19)10-16(17)24-2)18-21-6-7-22(18)14-4-5-20-11-15(14)23/h6-7,9-10,14-15,20,23H,3-5,8,11H2,1-2H3/t14-,15-/m0/s1. The summed E-state index contributed by atoms with van der Waals surface area (Å²) in [6.07, 6.45) is 4.87. The van der Waals surface area contributed by atoms with Crippen molar-refractivity contribution in [2.24, 2.45) is 0 Å². The molecule has 1 aliphatic heterocycles. The number of β-amino-alcohol motifs (C(OH)–C–C–N with tert-alkyl or cyclic N) is 1. The number of imidazole rings is 1.